The zero-order valence-electron chi connectivity index (χ0n) is 12.8. The summed E-state index contributed by atoms with van der Waals surface area (Å²) in [6.45, 7) is 4.94. The van der Waals surface area contributed by atoms with Crippen LogP contribution in [0.2, 0.25) is 0 Å². The number of methoxy groups -OCH3 is 1. The van der Waals surface area contributed by atoms with Gasteiger partial charge in [-0.2, -0.15) is 0 Å². The van der Waals surface area contributed by atoms with Crippen LogP contribution < -0.4 is 4.74 Å². The molecule has 0 saturated carbocycles. The maximum absolute atomic E-state index is 10.5. The summed E-state index contributed by atoms with van der Waals surface area (Å²) in [4.78, 5) is 0. The van der Waals surface area contributed by atoms with E-state index in [2.05, 4.69) is 6.07 Å². The standard InChI is InChI=1S/C17H26O3/c1-12-10-13(2)17(16(11-12)19-3)15(18)8-7-14-6-4-5-9-20-14/h10-11,14-15,18H,4-9H2,1-3H3. The van der Waals surface area contributed by atoms with E-state index in [0.29, 0.717) is 6.10 Å². The maximum Gasteiger partial charge on any atom is 0.125 e. The lowest BCUT2D eigenvalue weighted by Gasteiger charge is -2.24. The van der Waals surface area contributed by atoms with Crippen molar-refractivity contribution < 1.29 is 14.6 Å². The molecule has 2 unspecified atom stereocenters. The average molecular weight is 278 g/mol. The number of rotatable bonds is 5. The van der Waals surface area contributed by atoms with E-state index in [1.165, 1.54) is 12.8 Å². The third-order valence-corrected chi connectivity index (χ3v) is 4.08. The summed E-state index contributed by atoms with van der Waals surface area (Å²) in [7, 11) is 1.66. The number of aliphatic hydroxyl groups excluding tert-OH is 1. The summed E-state index contributed by atoms with van der Waals surface area (Å²) in [5.74, 6) is 0.791. The highest BCUT2D eigenvalue weighted by atomic mass is 16.5. The first-order valence-corrected chi connectivity index (χ1v) is 7.56. The highest BCUT2D eigenvalue weighted by molar-refractivity contribution is 5.44. The molecular formula is C17H26O3. The summed E-state index contributed by atoms with van der Waals surface area (Å²) in [6, 6.07) is 4.08. The first-order valence-electron chi connectivity index (χ1n) is 7.56. The number of aliphatic hydroxyl groups is 1. The second-order valence-electron chi connectivity index (χ2n) is 5.78. The fraction of sp³-hybridized carbons (Fsp3) is 0.647. The Morgan fingerprint density at radius 2 is 2.15 bits per heavy atom. The number of ether oxygens (including phenoxy) is 2. The molecular weight excluding hydrogens is 252 g/mol. The van der Waals surface area contributed by atoms with Crippen molar-refractivity contribution in [3.8, 4) is 5.75 Å². The summed E-state index contributed by atoms with van der Waals surface area (Å²) < 4.78 is 11.2. The molecule has 20 heavy (non-hydrogen) atoms. The molecule has 1 saturated heterocycles. The molecule has 112 valence electrons. The first kappa shape index (κ1) is 15.3. The molecule has 1 fully saturated rings. The lowest BCUT2D eigenvalue weighted by Crippen LogP contribution is -2.19. The lowest BCUT2D eigenvalue weighted by atomic mass is 9.94. The van der Waals surface area contributed by atoms with Gasteiger partial charge in [0.25, 0.3) is 0 Å². The molecule has 0 amide bonds. The Kier molecular flexibility index (Phi) is 5.44. The number of hydrogen-bond donors (Lipinski definition) is 1. The van der Waals surface area contributed by atoms with E-state index >= 15 is 0 Å². The van der Waals surface area contributed by atoms with Gasteiger partial charge in [-0.15, -0.1) is 0 Å². The molecule has 1 heterocycles. The smallest absolute Gasteiger partial charge is 0.125 e. The van der Waals surface area contributed by atoms with Crippen molar-refractivity contribution in [3.63, 3.8) is 0 Å². The van der Waals surface area contributed by atoms with Crippen molar-refractivity contribution in [1.82, 2.24) is 0 Å². The van der Waals surface area contributed by atoms with Crippen LogP contribution in [-0.2, 0) is 4.74 Å². The molecule has 0 bridgehead atoms. The zero-order valence-corrected chi connectivity index (χ0v) is 12.8. The van der Waals surface area contributed by atoms with Crippen LogP contribution in [0.3, 0.4) is 0 Å². The molecule has 1 aliphatic heterocycles. The molecule has 0 aromatic heterocycles. The van der Waals surface area contributed by atoms with E-state index in [4.69, 9.17) is 9.47 Å². The number of hydrogen-bond acceptors (Lipinski definition) is 3. The molecule has 3 heteroatoms. The van der Waals surface area contributed by atoms with Crippen LogP contribution in [0.15, 0.2) is 12.1 Å². The van der Waals surface area contributed by atoms with Gasteiger partial charge >= 0.3 is 0 Å². The summed E-state index contributed by atoms with van der Waals surface area (Å²) in [5, 5.41) is 10.5. The van der Waals surface area contributed by atoms with Crippen molar-refractivity contribution in [1.29, 1.82) is 0 Å². The predicted molar refractivity (Wildman–Crippen MR) is 80.3 cm³/mol. The van der Waals surface area contributed by atoms with Gasteiger partial charge in [-0.1, -0.05) is 6.07 Å². The van der Waals surface area contributed by atoms with Crippen LogP contribution in [0.25, 0.3) is 0 Å². The predicted octanol–water partition coefficient (Wildman–Crippen LogP) is 3.69. The Labute approximate surface area is 121 Å². The quantitative estimate of drug-likeness (QED) is 0.892. The molecule has 0 aliphatic carbocycles. The number of benzene rings is 1. The normalized spacial score (nSPS) is 20.7. The van der Waals surface area contributed by atoms with Crippen LogP contribution in [0.1, 0.15) is 54.9 Å². The molecule has 1 N–H and O–H groups in total. The fourth-order valence-electron chi connectivity index (χ4n) is 3.06. The van der Waals surface area contributed by atoms with Crippen molar-refractivity contribution in [2.24, 2.45) is 0 Å². The minimum atomic E-state index is -0.476. The van der Waals surface area contributed by atoms with Gasteiger partial charge in [-0.05, 0) is 63.1 Å². The van der Waals surface area contributed by atoms with E-state index < -0.39 is 6.10 Å². The average Bonchev–Trinajstić information content (AvgIpc) is 2.45. The van der Waals surface area contributed by atoms with E-state index in [-0.39, 0.29) is 0 Å². The molecule has 1 aliphatic rings. The Balaban J connectivity index is 2.02. The first-order chi connectivity index (χ1) is 9.61. The number of aryl methyl sites for hydroxylation is 2. The SMILES string of the molecule is COc1cc(C)cc(C)c1C(O)CCC1CCCCO1. The van der Waals surface area contributed by atoms with E-state index in [9.17, 15) is 5.11 Å². The van der Waals surface area contributed by atoms with Crippen molar-refractivity contribution >= 4 is 0 Å². The van der Waals surface area contributed by atoms with Gasteiger partial charge in [0.1, 0.15) is 5.75 Å². The van der Waals surface area contributed by atoms with Crippen molar-refractivity contribution in [2.45, 2.75) is 58.2 Å². The highest BCUT2D eigenvalue weighted by Gasteiger charge is 2.20. The second kappa shape index (κ2) is 7.09. The van der Waals surface area contributed by atoms with E-state index in [1.54, 1.807) is 7.11 Å². The van der Waals surface area contributed by atoms with Gasteiger partial charge in [0, 0.05) is 12.2 Å². The molecule has 2 atom stereocenters. The minimum Gasteiger partial charge on any atom is -0.496 e. The Morgan fingerprint density at radius 1 is 1.35 bits per heavy atom. The summed E-state index contributed by atoms with van der Waals surface area (Å²) in [5.41, 5.74) is 3.18. The lowest BCUT2D eigenvalue weighted by molar-refractivity contribution is 0.00194. The summed E-state index contributed by atoms with van der Waals surface area (Å²) in [6.07, 6.45) is 5.02. The highest BCUT2D eigenvalue weighted by Crippen LogP contribution is 2.33. The molecule has 1 aromatic carbocycles. The van der Waals surface area contributed by atoms with Gasteiger partial charge in [0.15, 0.2) is 0 Å². The fourth-order valence-corrected chi connectivity index (χ4v) is 3.06. The Hall–Kier alpha value is -1.06. The van der Waals surface area contributed by atoms with Crippen molar-refractivity contribution in [3.05, 3.63) is 28.8 Å². The van der Waals surface area contributed by atoms with Crippen LogP contribution >= 0.6 is 0 Å². The van der Waals surface area contributed by atoms with Gasteiger partial charge in [-0.3, -0.25) is 0 Å². The molecule has 1 aromatic rings. The van der Waals surface area contributed by atoms with E-state index in [1.807, 2.05) is 19.9 Å². The topological polar surface area (TPSA) is 38.7 Å². The molecule has 0 spiro atoms. The largest absolute Gasteiger partial charge is 0.496 e. The third-order valence-electron chi connectivity index (χ3n) is 4.08. The molecule has 0 radical (unpaired) electrons. The van der Waals surface area contributed by atoms with Crippen LogP contribution in [-0.4, -0.2) is 24.9 Å². The van der Waals surface area contributed by atoms with Crippen LogP contribution in [0, 0.1) is 13.8 Å². The Morgan fingerprint density at radius 3 is 2.80 bits per heavy atom. The van der Waals surface area contributed by atoms with Gasteiger partial charge in [0.2, 0.25) is 0 Å². The second-order valence-corrected chi connectivity index (χ2v) is 5.78. The Bertz CT molecular complexity index is 436. The van der Waals surface area contributed by atoms with E-state index in [0.717, 1.165) is 48.3 Å². The van der Waals surface area contributed by atoms with Gasteiger partial charge in [0.05, 0.1) is 19.3 Å². The van der Waals surface area contributed by atoms with Crippen LogP contribution in [0.4, 0.5) is 0 Å². The molecule has 2 rings (SSSR count). The maximum atomic E-state index is 10.5. The van der Waals surface area contributed by atoms with Crippen molar-refractivity contribution in [2.75, 3.05) is 13.7 Å². The van der Waals surface area contributed by atoms with Gasteiger partial charge < -0.3 is 14.6 Å². The summed E-state index contributed by atoms with van der Waals surface area (Å²) >= 11 is 0. The van der Waals surface area contributed by atoms with Crippen LogP contribution in [0.5, 0.6) is 5.75 Å². The third kappa shape index (κ3) is 3.74. The molecule has 3 nitrogen and oxygen atoms in total. The zero-order chi connectivity index (χ0) is 14.5. The van der Waals surface area contributed by atoms with Gasteiger partial charge in [-0.25, -0.2) is 0 Å². The monoisotopic (exact) mass is 278 g/mol. The minimum absolute atomic E-state index is 0.315.